The number of nitrogens with zero attached hydrogens (tertiary/aromatic N) is 2. The number of benzene rings is 1. The van der Waals surface area contributed by atoms with E-state index in [1.54, 1.807) is 31.5 Å². The molecule has 27 heavy (non-hydrogen) atoms. The van der Waals surface area contributed by atoms with Crippen molar-refractivity contribution in [3.63, 3.8) is 0 Å². The number of methoxy groups -OCH3 is 1. The summed E-state index contributed by atoms with van der Waals surface area (Å²) in [5.41, 5.74) is 3.73. The zero-order valence-corrected chi connectivity index (χ0v) is 14.8. The number of nitrogens with one attached hydrogen (secondary N) is 1. The Bertz CT molecular complexity index is 971. The molecule has 2 heterocycles. The molecule has 3 rings (SSSR count). The maximum atomic E-state index is 13.2. The molecule has 136 valence electrons. The van der Waals surface area contributed by atoms with Gasteiger partial charge < -0.3 is 10.1 Å². The lowest BCUT2D eigenvalue weighted by atomic mass is 10.0. The van der Waals surface area contributed by atoms with Crippen LogP contribution in [0.1, 0.15) is 5.56 Å². The summed E-state index contributed by atoms with van der Waals surface area (Å²) >= 11 is 0. The van der Waals surface area contributed by atoms with Crippen molar-refractivity contribution in [1.82, 2.24) is 15.3 Å². The predicted molar refractivity (Wildman–Crippen MR) is 101 cm³/mol. The second kappa shape index (κ2) is 8.23. The first-order valence-electron chi connectivity index (χ1n) is 8.27. The maximum Gasteiger partial charge on any atom is 0.243 e. The van der Waals surface area contributed by atoms with E-state index in [1.807, 2.05) is 18.2 Å². The van der Waals surface area contributed by atoms with Crippen molar-refractivity contribution >= 4 is 5.91 Å². The Morgan fingerprint density at radius 2 is 2.00 bits per heavy atom. The van der Waals surface area contributed by atoms with Crippen LogP contribution in [0.3, 0.4) is 0 Å². The molecular formula is C21H18FN3O2. The summed E-state index contributed by atoms with van der Waals surface area (Å²) in [6.07, 6.45) is 2.89. The summed E-state index contributed by atoms with van der Waals surface area (Å²) in [7, 11) is 1.55. The number of hydrogen-bond acceptors (Lipinski definition) is 4. The van der Waals surface area contributed by atoms with E-state index < -0.39 is 0 Å². The normalized spacial score (nSPS) is 10.3. The highest BCUT2D eigenvalue weighted by Crippen LogP contribution is 2.28. The molecule has 5 nitrogen and oxygen atoms in total. The first-order chi connectivity index (χ1) is 13.1. The van der Waals surface area contributed by atoms with Crippen LogP contribution >= 0.6 is 0 Å². The standard InChI is InChI=1S/C21H18FN3O2/c1-3-20(26)24-13-15-12-23-19(14-7-9-16(22)10-8-14)11-17(15)18-5-4-6-21(25-18)27-2/h3-12H,1,13H2,2H3,(H,24,26). The molecule has 0 aliphatic heterocycles. The van der Waals surface area contributed by atoms with Crippen molar-refractivity contribution in [2.75, 3.05) is 7.11 Å². The predicted octanol–water partition coefficient (Wildman–Crippen LogP) is 3.76. The maximum absolute atomic E-state index is 13.2. The van der Waals surface area contributed by atoms with Crippen LogP contribution in [0.25, 0.3) is 22.5 Å². The van der Waals surface area contributed by atoms with Gasteiger partial charge in [-0.1, -0.05) is 12.6 Å². The molecule has 1 amide bonds. The van der Waals surface area contributed by atoms with Crippen molar-refractivity contribution in [3.8, 4) is 28.4 Å². The summed E-state index contributed by atoms with van der Waals surface area (Å²) in [5.74, 6) is -0.104. The fourth-order valence-corrected chi connectivity index (χ4v) is 2.57. The topological polar surface area (TPSA) is 64.1 Å². The SMILES string of the molecule is C=CC(=O)NCc1cnc(-c2ccc(F)cc2)cc1-c1cccc(OC)n1. The number of ether oxygens (including phenoxy) is 1. The van der Waals surface area contributed by atoms with E-state index in [4.69, 9.17) is 4.74 Å². The number of hydrogen-bond donors (Lipinski definition) is 1. The fraction of sp³-hybridized carbons (Fsp3) is 0.0952. The molecule has 0 saturated carbocycles. The minimum Gasteiger partial charge on any atom is -0.481 e. The Labute approximate surface area is 156 Å². The quantitative estimate of drug-likeness (QED) is 0.677. The van der Waals surface area contributed by atoms with Crippen LogP contribution in [0.15, 0.2) is 67.4 Å². The summed E-state index contributed by atoms with van der Waals surface area (Å²) in [4.78, 5) is 20.5. The fourth-order valence-electron chi connectivity index (χ4n) is 2.57. The third-order valence-corrected chi connectivity index (χ3v) is 3.97. The Balaban J connectivity index is 2.06. The highest BCUT2D eigenvalue weighted by atomic mass is 19.1. The zero-order valence-electron chi connectivity index (χ0n) is 14.8. The van der Waals surface area contributed by atoms with Crippen LogP contribution in [-0.2, 0) is 11.3 Å². The molecule has 0 unspecified atom stereocenters. The van der Waals surface area contributed by atoms with E-state index in [1.165, 1.54) is 18.2 Å². The van der Waals surface area contributed by atoms with Gasteiger partial charge in [0.2, 0.25) is 11.8 Å². The molecule has 0 fully saturated rings. The Kier molecular flexibility index (Phi) is 5.56. The summed E-state index contributed by atoms with van der Waals surface area (Å²) in [6, 6.07) is 13.4. The first kappa shape index (κ1) is 18.3. The molecular weight excluding hydrogens is 345 g/mol. The van der Waals surface area contributed by atoms with Crippen LogP contribution in [0, 0.1) is 5.82 Å². The smallest absolute Gasteiger partial charge is 0.243 e. The molecule has 0 aliphatic carbocycles. The number of amides is 1. The molecule has 6 heteroatoms. The molecule has 0 radical (unpaired) electrons. The highest BCUT2D eigenvalue weighted by molar-refractivity contribution is 5.87. The Morgan fingerprint density at radius 3 is 2.70 bits per heavy atom. The lowest BCUT2D eigenvalue weighted by Gasteiger charge is -2.12. The van der Waals surface area contributed by atoms with Crippen molar-refractivity contribution in [2.45, 2.75) is 6.54 Å². The lowest BCUT2D eigenvalue weighted by molar-refractivity contribution is -0.116. The lowest BCUT2D eigenvalue weighted by Crippen LogP contribution is -2.20. The minimum atomic E-state index is -0.308. The van der Waals surface area contributed by atoms with Crippen molar-refractivity contribution in [1.29, 1.82) is 0 Å². The van der Waals surface area contributed by atoms with Gasteiger partial charge in [-0.25, -0.2) is 9.37 Å². The van der Waals surface area contributed by atoms with E-state index >= 15 is 0 Å². The average Bonchev–Trinajstić information content (AvgIpc) is 2.72. The van der Waals surface area contributed by atoms with E-state index in [-0.39, 0.29) is 18.3 Å². The van der Waals surface area contributed by atoms with Gasteiger partial charge in [0.05, 0.1) is 18.5 Å². The number of rotatable bonds is 6. The number of aromatic nitrogens is 2. The Hall–Kier alpha value is -3.54. The molecule has 1 aromatic carbocycles. The van der Waals surface area contributed by atoms with E-state index in [0.717, 1.165) is 16.7 Å². The van der Waals surface area contributed by atoms with Gasteiger partial charge in [-0.3, -0.25) is 9.78 Å². The second-order valence-electron chi connectivity index (χ2n) is 5.72. The summed E-state index contributed by atoms with van der Waals surface area (Å²) in [5, 5.41) is 2.75. The molecule has 1 N–H and O–H groups in total. The number of carbonyl (C=O) groups excluding carboxylic acids is 1. The Morgan fingerprint density at radius 1 is 1.22 bits per heavy atom. The van der Waals surface area contributed by atoms with Gasteiger partial charge >= 0.3 is 0 Å². The molecule has 0 atom stereocenters. The van der Waals surface area contributed by atoms with Gasteiger partial charge in [-0.05, 0) is 48.0 Å². The van der Waals surface area contributed by atoms with Gasteiger partial charge in [-0.2, -0.15) is 0 Å². The van der Waals surface area contributed by atoms with Crippen molar-refractivity contribution in [3.05, 3.63) is 78.8 Å². The van der Waals surface area contributed by atoms with Crippen LogP contribution in [0.4, 0.5) is 4.39 Å². The first-order valence-corrected chi connectivity index (χ1v) is 8.27. The third-order valence-electron chi connectivity index (χ3n) is 3.97. The highest BCUT2D eigenvalue weighted by Gasteiger charge is 2.12. The molecule has 0 saturated heterocycles. The zero-order chi connectivity index (χ0) is 19.2. The molecule has 2 aromatic heterocycles. The van der Waals surface area contributed by atoms with Gasteiger partial charge in [0.25, 0.3) is 0 Å². The second-order valence-corrected chi connectivity index (χ2v) is 5.72. The number of pyridine rings is 2. The van der Waals surface area contributed by atoms with Gasteiger partial charge in [0, 0.05) is 29.9 Å². The van der Waals surface area contributed by atoms with E-state index in [0.29, 0.717) is 17.3 Å². The molecule has 3 aromatic rings. The van der Waals surface area contributed by atoms with Gasteiger partial charge in [-0.15, -0.1) is 0 Å². The molecule has 0 bridgehead atoms. The molecule has 0 spiro atoms. The minimum absolute atomic E-state index is 0.274. The monoisotopic (exact) mass is 363 g/mol. The average molecular weight is 363 g/mol. The summed E-state index contributed by atoms with van der Waals surface area (Å²) < 4.78 is 18.4. The largest absolute Gasteiger partial charge is 0.481 e. The van der Waals surface area contributed by atoms with Crippen molar-refractivity contribution < 1.29 is 13.9 Å². The van der Waals surface area contributed by atoms with Crippen LogP contribution in [0.2, 0.25) is 0 Å². The van der Waals surface area contributed by atoms with Crippen LogP contribution in [0.5, 0.6) is 5.88 Å². The van der Waals surface area contributed by atoms with E-state index in [2.05, 4.69) is 21.9 Å². The third kappa shape index (κ3) is 4.36. The van der Waals surface area contributed by atoms with Crippen LogP contribution in [-0.4, -0.2) is 23.0 Å². The van der Waals surface area contributed by atoms with Crippen molar-refractivity contribution in [2.24, 2.45) is 0 Å². The summed E-state index contributed by atoms with van der Waals surface area (Å²) in [6.45, 7) is 3.72. The molecule has 0 aliphatic rings. The number of halogens is 1. The van der Waals surface area contributed by atoms with Crippen LogP contribution < -0.4 is 10.1 Å². The van der Waals surface area contributed by atoms with Gasteiger partial charge in [0.15, 0.2) is 0 Å². The van der Waals surface area contributed by atoms with Gasteiger partial charge in [0.1, 0.15) is 5.82 Å². The number of carbonyl (C=O) groups is 1. The van der Waals surface area contributed by atoms with E-state index in [9.17, 15) is 9.18 Å².